The number of urea groups is 1. The van der Waals surface area contributed by atoms with E-state index in [9.17, 15) is 4.79 Å². The molecule has 1 fully saturated rings. The summed E-state index contributed by atoms with van der Waals surface area (Å²) in [7, 11) is 1.61. The van der Waals surface area contributed by atoms with E-state index in [1.165, 1.54) is 0 Å². The normalized spacial score (nSPS) is 14.9. The van der Waals surface area contributed by atoms with E-state index in [-0.39, 0.29) is 6.03 Å². The highest BCUT2D eigenvalue weighted by Crippen LogP contribution is 2.29. The second kappa shape index (κ2) is 8.13. The molecule has 1 saturated heterocycles. The summed E-state index contributed by atoms with van der Waals surface area (Å²) < 4.78 is 5.17. The highest BCUT2D eigenvalue weighted by molar-refractivity contribution is 6.32. The molecule has 1 aromatic carbocycles. The molecule has 1 aromatic rings. The average molecular weight is 326 g/mol. The van der Waals surface area contributed by atoms with Crippen LogP contribution in [0.4, 0.5) is 10.5 Å². The molecule has 22 heavy (non-hydrogen) atoms. The summed E-state index contributed by atoms with van der Waals surface area (Å²) in [6.45, 7) is 5.94. The van der Waals surface area contributed by atoms with Crippen molar-refractivity contribution in [3.8, 4) is 5.75 Å². The number of nitrogens with zero attached hydrogens (tertiary/aromatic N) is 2. The first-order chi connectivity index (χ1) is 10.7. The lowest BCUT2D eigenvalue weighted by molar-refractivity contribution is 0.194. The maximum atomic E-state index is 12.0. The maximum absolute atomic E-state index is 12.0. The summed E-state index contributed by atoms with van der Waals surface area (Å²) in [4.78, 5) is 16.1. The zero-order chi connectivity index (χ0) is 15.9. The molecule has 1 heterocycles. The van der Waals surface area contributed by atoms with Gasteiger partial charge in [-0.3, -0.25) is 0 Å². The van der Waals surface area contributed by atoms with Gasteiger partial charge in [0.25, 0.3) is 0 Å². The van der Waals surface area contributed by atoms with Gasteiger partial charge >= 0.3 is 6.03 Å². The van der Waals surface area contributed by atoms with Gasteiger partial charge in [0.15, 0.2) is 0 Å². The van der Waals surface area contributed by atoms with Gasteiger partial charge in [0.05, 0.1) is 12.1 Å². The number of carbonyl (C=O) groups excluding carboxylic acids is 1. The number of benzene rings is 1. The third-order valence-electron chi connectivity index (χ3n) is 3.87. The van der Waals surface area contributed by atoms with E-state index in [2.05, 4.69) is 17.1 Å². The Bertz CT molecular complexity index is 502. The smallest absolute Gasteiger partial charge is 0.317 e. The van der Waals surface area contributed by atoms with E-state index >= 15 is 0 Å². The lowest BCUT2D eigenvalue weighted by Crippen LogP contribution is -2.52. The molecule has 0 unspecified atom stereocenters. The van der Waals surface area contributed by atoms with Gasteiger partial charge in [-0.15, -0.1) is 0 Å². The lowest BCUT2D eigenvalue weighted by atomic mass is 10.2. The van der Waals surface area contributed by atoms with Crippen LogP contribution in [0.2, 0.25) is 5.02 Å². The number of rotatable bonds is 5. The number of hydrogen-bond acceptors (Lipinski definition) is 3. The molecule has 6 heteroatoms. The SMILES string of the molecule is CCCCNC(=O)N1CCN(c2ccc(OC)c(Cl)c2)CC1. The fourth-order valence-electron chi connectivity index (χ4n) is 2.50. The van der Waals surface area contributed by atoms with Crippen molar-refractivity contribution in [1.29, 1.82) is 0 Å². The van der Waals surface area contributed by atoms with E-state index in [0.29, 0.717) is 10.8 Å². The van der Waals surface area contributed by atoms with E-state index in [1.807, 2.05) is 23.1 Å². The van der Waals surface area contributed by atoms with Crippen LogP contribution in [0.15, 0.2) is 18.2 Å². The number of unbranched alkanes of at least 4 members (excludes halogenated alkanes) is 1. The fourth-order valence-corrected chi connectivity index (χ4v) is 2.76. The number of anilines is 1. The van der Waals surface area contributed by atoms with Gasteiger partial charge < -0.3 is 19.9 Å². The zero-order valence-electron chi connectivity index (χ0n) is 13.3. The van der Waals surface area contributed by atoms with Crippen LogP contribution in [0.1, 0.15) is 19.8 Å². The number of nitrogens with one attached hydrogen (secondary N) is 1. The van der Waals surface area contributed by atoms with E-state index in [4.69, 9.17) is 16.3 Å². The molecule has 1 aliphatic heterocycles. The van der Waals surface area contributed by atoms with Crippen molar-refractivity contribution in [2.75, 3.05) is 44.7 Å². The van der Waals surface area contributed by atoms with Gasteiger partial charge in [0.2, 0.25) is 0 Å². The summed E-state index contributed by atoms with van der Waals surface area (Å²) in [5.74, 6) is 0.680. The first-order valence-electron chi connectivity index (χ1n) is 7.77. The van der Waals surface area contributed by atoms with Crippen LogP contribution in [-0.2, 0) is 0 Å². The average Bonchev–Trinajstić information content (AvgIpc) is 2.55. The molecule has 2 amide bonds. The second-order valence-electron chi connectivity index (χ2n) is 5.38. The predicted molar refractivity (Wildman–Crippen MR) is 90.1 cm³/mol. The number of hydrogen-bond donors (Lipinski definition) is 1. The Labute approximate surface area is 137 Å². The Morgan fingerprint density at radius 1 is 1.32 bits per heavy atom. The first kappa shape index (κ1) is 16.7. The van der Waals surface area contributed by atoms with Gasteiger partial charge in [-0.05, 0) is 24.6 Å². The van der Waals surface area contributed by atoms with Gasteiger partial charge in [-0.1, -0.05) is 24.9 Å². The number of amides is 2. The summed E-state index contributed by atoms with van der Waals surface area (Å²) in [5, 5.41) is 3.57. The van der Waals surface area contributed by atoms with Gasteiger partial charge in [-0.2, -0.15) is 0 Å². The van der Waals surface area contributed by atoms with Crippen molar-refractivity contribution < 1.29 is 9.53 Å². The van der Waals surface area contributed by atoms with Crippen LogP contribution in [-0.4, -0.2) is 50.8 Å². The molecule has 5 nitrogen and oxygen atoms in total. The molecule has 1 aliphatic rings. The number of carbonyl (C=O) groups is 1. The summed E-state index contributed by atoms with van der Waals surface area (Å²) in [6, 6.07) is 5.83. The van der Waals surface area contributed by atoms with Gasteiger partial charge in [-0.25, -0.2) is 4.79 Å². The molecular formula is C16H24ClN3O2. The number of ether oxygens (including phenoxy) is 1. The monoisotopic (exact) mass is 325 g/mol. The third kappa shape index (κ3) is 4.19. The molecule has 2 rings (SSSR count). The first-order valence-corrected chi connectivity index (χ1v) is 8.14. The molecule has 0 radical (unpaired) electrons. The predicted octanol–water partition coefficient (Wildman–Crippen LogP) is 2.98. The standard InChI is InChI=1S/C16H24ClN3O2/c1-3-4-7-18-16(21)20-10-8-19(9-11-20)13-5-6-15(22-2)14(17)12-13/h5-6,12H,3-4,7-11H2,1-2H3,(H,18,21). The van der Waals surface area contributed by atoms with Crippen molar-refractivity contribution in [3.05, 3.63) is 23.2 Å². The Hall–Kier alpha value is -1.62. The molecule has 0 aliphatic carbocycles. The molecule has 0 saturated carbocycles. The van der Waals surface area contributed by atoms with Crippen molar-refractivity contribution >= 4 is 23.3 Å². The maximum Gasteiger partial charge on any atom is 0.317 e. The fraction of sp³-hybridized carbons (Fsp3) is 0.562. The highest BCUT2D eigenvalue weighted by Gasteiger charge is 2.21. The number of methoxy groups -OCH3 is 1. The van der Waals surface area contributed by atoms with Crippen LogP contribution >= 0.6 is 11.6 Å². The zero-order valence-corrected chi connectivity index (χ0v) is 14.0. The van der Waals surface area contributed by atoms with Crippen molar-refractivity contribution in [2.45, 2.75) is 19.8 Å². The Balaban J connectivity index is 1.86. The highest BCUT2D eigenvalue weighted by atomic mass is 35.5. The van der Waals surface area contributed by atoms with Gasteiger partial charge in [0, 0.05) is 38.4 Å². The largest absolute Gasteiger partial charge is 0.495 e. The quantitative estimate of drug-likeness (QED) is 0.846. The second-order valence-corrected chi connectivity index (χ2v) is 5.79. The Morgan fingerprint density at radius 3 is 2.64 bits per heavy atom. The van der Waals surface area contributed by atoms with E-state index < -0.39 is 0 Å². The van der Waals surface area contributed by atoms with Crippen LogP contribution in [0.3, 0.4) is 0 Å². The molecule has 0 aromatic heterocycles. The summed E-state index contributed by atoms with van der Waals surface area (Å²) in [5.41, 5.74) is 1.07. The minimum Gasteiger partial charge on any atom is -0.495 e. The van der Waals surface area contributed by atoms with Gasteiger partial charge in [0.1, 0.15) is 5.75 Å². The third-order valence-corrected chi connectivity index (χ3v) is 4.17. The topological polar surface area (TPSA) is 44.8 Å². The molecule has 1 N–H and O–H groups in total. The minimum absolute atomic E-state index is 0.0425. The summed E-state index contributed by atoms with van der Waals surface area (Å²) in [6.07, 6.45) is 2.11. The minimum atomic E-state index is 0.0425. The lowest BCUT2D eigenvalue weighted by Gasteiger charge is -2.36. The van der Waals surface area contributed by atoms with Crippen molar-refractivity contribution in [2.24, 2.45) is 0 Å². The van der Waals surface area contributed by atoms with Crippen LogP contribution in [0.25, 0.3) is 0 Å². The van der Waals surface area contributed by atoms with E-state index in [0.717, 1.165) is 51.3 Å². The van der Waals surface area contributed by atoms with Crippen molar-refractivity contribution in [3.63, 3.8) is 0 Å². The molecule has 0 spiro atoms. The Kier molecular flexibility index (Phi) is 6.19. The Morgan fingerprint density at radius 2 is 2.05 bits per heavy atom. The molecule has 0 atom stereocenters. The number of halogens is 1. The van der Waals surface area contributed by atoms with Crippen LogP contribution in [0.5, 0.6) is 5.75 Å². The molecule has 122 valence electrons. The van der Waals surface area contributed by atoms with Crippen LogP contribution < -0.4 is 15.0 Å². The molecular weight excluding hydrogens is 302 g/mol. The van der Waals surface area contributed by atoms with Crippen molar-refractivity contribution in [1.82, 2.24) is 10.2 Å². The van der Waals surface area contributed by atoms with E-state index in [1.54, 1.807) is 7.11 Å². The molecule has 0 bridgehead atoms. The summed E-state index contributed by atoms with van der Waals surface area (Å²) >= 11 is 6.17. The number of piperazine rings is 1. The van der Waals surface area contributed by atoms with Crippen LogP contribution in [0, 0.1) is 0 Å².